The highest BCUT2D eigenvalue weighted by atomic mass is 16.1. The molecule has 1 nitrogen and oxygen atoms in total. The van der Waals surface area contributed by atoms with Gasteiger partial charge in [-0.05, 0) is 46.2 Å². The lowest BCUT2D eigenvalue weighted by molar-refractivity contribution is 0.0977. The summed E-state index contributed by atoms with van der Waals surface area (Å²) in [5, 5.41) is 0. The Morgan fingerprint density at radius 3 is 1.46 bits per heavy atom. The predicted molar refractivity (Wildman–Crippen MR) is 118 cm³/mol. The maximum absolute atomic E-state index is 13.4. The minimum Gasteiger partial charge on any atom is -0.294 e. The molecule has 3 aromatic carbocycles. The van der Waals surface area contributed by atoms with E-state index in [2.05, 4.69) is 70.2 Å². The van der Waals surface area contributed by atoms with Gasteiger partial charge in [0.25, 0.3) is 0 Å². The van der Waals surface area contributed by atoms with Crippen molar-refractivity contribution in [2.75, 3.05) is 0 Å². The third-order valence-electron chi connectivity index (χ3n) is 5.43. The fourth-order valence-electron chi connectivity index (χ4n) is 3.61. The number of Topliss-reactive ketones (excluding diaryl/α,β-unsaturated/α-hetero) is 1. The van der Waals surface area contributed by atoms with Crippen molar-refractivity contribution in [3.63, 3.8) is 0 Å². The van der Waals surface area contributed by atoms with Gasteiger partial charge in [0, 0.05) is 17.9 Å². The van der Waals surface area contributed by atoms with E-state index in [0.717, 1.165) is 5.56 Å². The molecule has 0 unspecified atom stereocenters. The van der Waals surface area contributed by atoms with Crippen LogP contribution in [0.2, 0.25) is 0 Å². The molecule has 0 spiro atoms. The van der Waals surface area contributed by atoms with Crippen molar-refractivity contribution in [3.8, 4) is 0 Å². The highest BCUT2D eigenvalue weighted by molar-refractivity contribution is 5.97. The lowest BCUT2D eigenvalue weighted by atomic mass is 9.84. The van der Waals surface area contributed by atoms with Gasteiger partial charge in [-0.2, -0.15) is 0 Å². The second kappa shape index (κ2) is 9.01. The van der Waals surface area contributed by atoms with Crippen LogP contribution in [0, 0.1) is 0 Å². The summed E-state index contributed by atoms with van der Waals surface area (Å²) in [6.07, 6.45) is 0.479. The van der Waals surface area contributed by atoms with E-state index in [1.54, 1.807) is 0 Å². The van der Waals surface area contributed by atoms with Gasteiger partial charge in [0.2, 0.25) is 0 Å². The summed E-state index contributed by atoms with van der Waals surface area (Å²) in [4.78, 5) is 13.4. The summed E-state index contributed by atoms with van der Waals surface area (Å²) in [5.41, 5.74) is 5.69. The number of benzene rings is 3. The van der Waals surface area contributed by atoms with E-state index in [1.165, 1.54) is 22.3 Å². The van der Waals surface area contributed by atoms with Gasteiger partial charge in [-0.15, -0.1) is 0 Å². The molecule has 0 aromatic heterocycles. The lowest BCUT2D eigenvalue weighted by Gasteiger charge is -2.19. The van der Waals surface area contributed by atoms with Crippen LogP contribution in [0.3, 0.4) is 0 Å². The van der Waals surface area contributed by atoms with Crippen molar-refractivity contribution in [1.82, 2.24) is 0 Å². The Bertz CT molecular complexity index is 842. The van der Waals surface area contributed by atoms with Gasteiger partial charge in [0.05, 0.1) is 0 Å². The van der Waals surface area contributed by atoms with Crippen molar-refractivity contribution in [2.24, 2.45) is 0 Å². The number of hydrogen-bond acceptors (Lipinski definition) is 1. The number of carbonyl (C=O) groups is 1. The molecule has 1 heteroatoms. The average molecular weight is 371 g/mol. The first kappa shape index (κ1) is 20.1. The molecule has 0 aliphatic carbocycles. The third kappa shape index (κ3) is 4.78. The minimum atomic E-state index is 0.0695. The quantitative estimate of drug-likeness (QED) is 0.398. The second-order valence-electron chi connectivity index (χ2n) is 8.20. The first-order chi connectivity index (χ1) is 13.5. The third-order valence-corrected chi connectivity index (χ3v) is 5.43. The van der Waals surface area contributed by atoms with E-state index in [4.69, 9.17) is 0 Å². The van der Waals surface area contributed by atoms with Crippen molar-refractivity contribution < 1.29 is 4.79 Å². The SMILES string of the molecule is CC(C)c1cc(C(=O)CC(c2ccccc2)c2ccccc2)cc(C(C)C)c1. The molecule has 0 bridgehead atoms. The summed E-state index contributed by atoms with van der Waals surface area (Å²) in [7, 11) is 0. The second-order valence-corrected chi connectivity index (χ2v) is 8.20. The van der Waals surface area contributed by atoms with E-state index < -0.39 is 0 Å². The van der Waals surface area contributed by atoms with Gasteiger partial charge in [0.1, 0.15) is 0 Å². The topological polar surface area (TPSA) is 17.1 Å². The largest absolute Gasteiger partial charge is 0.294 e. The molecule has 0 saturated heterocycles. The van der Waals surface area contributed by atoms with Gasteiger partial charge in [0.15, 0.2) is 5.78 Å². The molecular weight excluding hydrogens is 340 g/mol. The molecule has 0 aliphatic rings. The van der Waals surface area contributed by atoms with Crippen molar-refractivity contribution in [1.29, 1.82) is 0 Å². The maximum Gasteiger partial charge on any atom is 0.163 e. The minimum absolute atomic E-state index is 0.0695. The average Bonchev–Trinajstić information content (AvgIpc) is 2.72. The zero-order valence-corrected chi connectivity index (χ0v) is 17.4. The summed E-state index contributed by atoms with van der Waals surface area (Å²) in [6.45, 7) is 8.74. The maximum atomic E-state index is 13.4. The summed E-state index contributed by atoms with van der Waals surface area (Å²) in [5.74, 6) is 1.09. The first-order valence-electron chi connectivity index (χ1n) is 10.2. The molecule has 28 heavy (non-hydrogen) atoms. The van der Waals surface area contributed by atoms with Gasteiger partial charge >= 0.3 is 0 Å². The smallest absolute Gasteiger partial charge is 0.163 e. The Kier molecular flexibility index (Phi) is 6.46. The standard InChI is InChI=1S/C27H30O/c1-19(2)23-15-24(20(3)4)17-25(16-23)27(28)18-26(21-11-7-5-8-12-21)22-13-9-6-10-14-22/h5-17,19-20,26H,18H2,1-4H3. The Hall–Kier alpha value is -2.67. The number of carbonyl (C=O) groups excluding carboxylic acids is 1. The van der Waals surface area contributed by atoms with Crippen LogP contribution in [0.15, 0.2) is 78.9 Å². The Morgan fingerprint density at radius 2 is 1.07 bits per heavy atom. The molecule has 3 rings (SSSR count). The molecule has 0 N–H and O–H groups in total. The van der Waals surface area contributed by atoms with Crippen LogP contribution in [-0.4, -0.2) is 5.78 Å². The fraction of sp³-hybridized carbons (Fsp3) is 0.296. The lowest BCUT2D eigenvalue weighted by Crippen LogP contribution is -2.10. The van der Waals surface area contributed by atoms with Gasteiger partial charge in [-0.25, -0.2) is 0 Å². The number of ketones is 1. The van der Waals surface area contributed by atoms with Crippen molar-refractivity contribution in [3.05, 3.63) is 107 Å². The fourth-order valence-corrected chi connectivity index (χ4v) is 3.61. The van der Waals surface area contributed by atoms with Gasteiger partial charge in [-0.1, -0.05) is 94.4 Å². The highest BCUT2D eigenvalue weighted by Crippen LogP contribution is 2.31. The van der Waals surface area contributed by atoms with Crippen LogP contribution in [-0.2, 0) is 0 Å². The summed E-state index contributed by atoms with van der Waals surface area (Å²) < 4.78 is 0. The van der Waals surface area contributed by atoms with E-state index >= 15 is 0 Å². The number of hydrogen-bond donors (Lipinski definition) is 0. The molecule has 0 amide bonds. The molecule has 0 radical (unpaired) electrons. The Balaban J connectivity index is 1.97. The molecule has 3 aromatic rings. The summed E-state index contributed by atoms with van der Waals surface area (Å²) >= 11 is 0. The molecule has 0 aliphatic heterocycles. The highest BCUT2D eigenvalue weighted by Gasteiger charge is 2.20. The first-order valence-corrected chi connectivity index (χ1v) is 10.2. The summed E-state index contributed by atoms with van der Waals surface area (Å²) in [6, 6.07) is 27.1. The molecule has 0 heterocycles. The normalized spacial score (nSPS) is 11.4. The van der Waals surface area contributed by atoms with E-state index in [0.29, 0.717) is 18.3 Å². The van der Waals surface area contributed by atoms with Crippen LogP contribution < -0.4 is 0 Å². The van der Waals surface area contributed by atoms with Crippen LogP contribution in [0.1, 0.15) is 84.5 Å². The molecule has 0 fully saturated rings. The van der Waals surface area contributed by atoms with Crippen LogP contribution in [0.4, 0.5) is 0 Å². The van der Waals surface area contributed by atoms with Gasteiger partial charge in [-0.3, -0.25) is 4.79 Å². The molecular formula is C27H30O. The monoisotopic (exact) mass is 370 g/mol. The van der Waals surface area contributed by atoms with Crippen molar-refractivity contribution >= 4 is 5.78 Å². The van der Waals surface area contributed by atoms with Crippen LogP contribution in [0.25, 0.3) is 0 Å². The predicted octanol–water partition coefficient (Wildman–Crippen LogP) is 7.34. The van der Waals surface area contributed by atoms with Crippen molar-refractivity contribution in [2.45, 2.75) is 51.9 Å². The van der Waals surface area contributed by atoms with E-state index in [1.807, 2.05) is 36.4 Å². The zero-order valence-electron chi connectivity index (χ0n) is 17.4. The molecule has 0 atom stereocenters. The van der Waals surface area contributed by atoms with E-state index in [9.17, 15) is 4.79 Å². The Morgan fingerprint density at radius 1 is 0.643 bits per heavy atom. The van der Waals surface area contributed by atoms with Crippen LogP contribution in [0.5, 0.6) is 0 Å². The van der Waals surface area contributed by atoms with E-state index in [-0.39, 0.29) is 11.7 Å². The van der Waals surface area contributed by atoms with Crippen LogP contribution >= 0.6 is 0 Å². The number of rotatable bonds is 7. The Labute approximate surface area is 169 Å². The molecule has 144 valence electrons. The zero-order chi connectivity index (χ0) is 20.1. The molecule has 0 saturated carbocycles. The van der Waals surface area contributed by atoms with Gasteiger partial charge < -0.3 is 0 Å².